The Morgan fingerprint density at radius 1 is 0.923 bits per heavy atom. The molecule has 0 atom stereocenters. The molecule has 39 heavy (non-hydrogen) atoms. The predicted octanol–water partition coefficient (Wildman–Crippen LogP) is 6.86. The molecule has 0 amide bonds. The Labute approximate surface area is 234 Å². The van der Waals surface area contributed by atoms with Gasteiger partial charge in [-0.25, -0.2) is 0 Å². The minimum atomic E-state index is 0.644. The van der Waals surface area contributed by atoms with Gasteiger partial charge >= 0.3 is 0 Å². The fraction of sp³-hybridized carbons (Fsp3) is 0.545. The molecule has 3 aliphatic rings. The largest absolute Gasteiger partial charge is 0.495 e. The van der Waals surface area contributed by atoms with Gasteiger partial charge in [0.25, 0.3) is 0 Å². The molecule has 1 aromatic heterocycles. The first-order valence-corrected chi connectivity index (χ1v) is 15.2. The minimum Gasteiger partial charge on any atom is -0.495 e. The van der Waals surface area contributed by atoms with E-state index in [1.54, 1.807) is 7.11 Å². The van der Waals surface area contributed by atoms with Crippen LogP contribution in [-0.2, 0) is 13.1 Å². The maximum atomic E-state index is 6.42. The van der Waals surface area contributed by atoms with E-state index in [-0.39, 0.29) is 0 Å². The highest BCUT2D eigenvalue weighted by Gasteiger charge is 2.28. The number of hydrogen-bond acceptors (Lipinski definition) is 6. The van der Waals surface area contributed by atoms with Gasteiger partial charge in [-0.1, -0.05) is 57.7 Å². The van der Waals surface area contributed by atoms with Crippen LogP contribution >= 0.6 is 0 Å². The summed E-state index contributed by atoms with van der Waals surface area (Å²) >= 11 is 0. The Morgan fingerprint density at radius 2 is 1.74 bits per heavy atom. The molecule has 2 fully saturated rings. The van der Waals surface area contributed by atoms with E-state index < -0.39 is 0 Å². The van der Waals surface area contributed by atoms with Crippen LogP contribution in [0.25, 0.3) is 10.9 Å². The molecular formula is C33H46N4O2. The first-order valence-electron chi connectivity index (χ1n) is 15.2. The normalized spacial score (nSPS) is 19.3. The average molecular weight is 531 g/mol. The van der Waals surface area contributed by atoms with Crippen LogP contribution in [0.3, 0.4) is 0 Å². The van der Waals surface area contributed by atoms with E-state index >= 15 is 0 Å². The van der Waals surface area contributed by atoms with Crippen molar-refractivity contribution in [2.45, 2.75) is 77.9 Å². The highest BCUT2D eigenvalue weighted by molar-refractivity contribution is 5.89. The lowest BCUT2D eigenvalue weighted by Crippen LogP contribution is -2.40. The second-order valence-electron chi connectivity index (χ2n) is 10.9. The molecule has 0 unspecified atom stereocenters. The molecule has 6 rings (SSSR count). The molecule has 6 nitrogen and oxygen atoms in total. The summed E-state index contributed by atoms with van der Waals surface area (Å²) in [7, 11) is 1.76. The lowest BCUT2D eigenvalue weighted by atomic mass is 9.99. The van der Waals surface area contributed by atoms with Crippen molar-refractivity contribution in [2.75, 3.05) is 44.9 Å². The van der Waals surface area contributed by atoms with Crippen molar-refractivity contribution in [2.24, 2.45) is 0 Å². The Bertz CT molecular complexity index is 1210. The van der Waals surface area contributed by atoms with Gasteiger partial charge in [0.05, 0.1) is 12.8 Å². The second kappa shape index (κ2) is 13.5. The van der Waals surface area contributed by atoms with Crippen molar-refractivity contribution < 1.29 is 9.47 Å². The second-order valence-corrected chi connectivity index (χ2v) is 10.9. The third-order valence-corrected chi connectivity index (χ3v) is 8.51. The van der Waals surface area contributed by atoms with Crippen LogP contribution < -0.4 is 14.4 Å². The molecule has 2 aliphatic heterocycles. The summed E-state index contributed by atoms with van der Waals surface area (Å²) in [4.78, 5) is 12.5. The lowest BCUT2D eigenvalue weighted by Gasteiger charge is -2.36. The van der Waals surface area contributed by atoms with Gasteiger partial charge in [0.15, 0.2) is 5.75 Å². The summed E-state index contributed by atoms with van der Waals surface area (Å²) in [6, 6.07) is 15.7. The van der Waals surface area contributed by atoms with Gasteiger partial charge in [0.1, 0.15) is 18.0 Å². The first kappa shape index (κ1) is 27.7. The number of hydrogen-bond donors (Lipinski definition) is 0. The van der Waals surface area contributed by atoms with Crippen LogP contribution in [-0.4, -0.2) is 60.8 Å². The number of para-hydroxylation sites is 2. The van der Waals surface area contributed by atoms with Gasteiger partial charge in [-0.15, -0.1) is 0 Å². The summed E-state index contributed by atoms with van der Waals surface area (Å²) in [5.41, 5.74) is 4.91. The molecule has 1 aliphatic carbocycles. The van der Waals surface area contributed by atoms with Crippen LogP contribution in [0.4, 0.5) is 5.69 Å². The average Bonchev–Trinajstić information content (AvgIpc) is 3.42. The van der Waals surface area contributed by atoms with Crippen molar-refractivity contribution in [3.05, 3.63) is 59.8 Å². The zero-order chi connectivity index (χ0) is 27.0. The molecule has 0 bridgehead atoms. The minimum absolute atomic E-state index is 0.644. The zero-order valence-electron chi connectivity index (χ0n) is 24.2. The van der Waals surface area contributed by atoms with E-state index in [4.69, 9.17) is 14.5 Å². The monoisotopic (exact) mass is 530 g/mol. The van der Waals surface area contributed by atoms with Crippen LogP contribution in [0.15, 0.2) is 48.7 Å². The molecule has 1 saturated heterocycles. The van der Waals surface area contributed by atoms with Gasteiger partial charge < -0.3 is 14.4 Å². The molecule has 2 aromatic carbocycles. The standard InChI is InChI=1S/C31H40N4O2.C2H6/c1-36-29-14-7-6-13-28(29)34-17-9-16-33(18-19-34)21-24-20-25-22-35(26-10-4-2-3-5-11-26)23-37-31(25)30-27(24)12-8-15-32-30;1-2/h6-8,12-15,20,26H,2-5,9-11,16-19,21-23H2,1H3;1-2H3. The lowest BCUT2D eigenvalue weighted by molar-refractivity contribution is 0.0503. The van der Waals surface area contributed by atoms with Crippen molar-refractivity contribution in [3.63, 3.8) is 0 Å². The third-order valence-electron chi connectivity index (χ3n) is 8.51. The Kier molecular flexibility index (Phi) is 9.59. The van der Waals surface area contributed by atoms with Crippen molar-refractivity contribution in [1.29, 1.82) is 0 Å². The van der Waals surface area contributed by atoms with E-state index in [0.29, 0.717) is 12.8 Å². The Morgan fingerprint density at radius 3 is 2.56 bits per heavy atom. The van der Waals surface area contributed by atoms with Gasteiger partial charge in [-0.2, -0.15) is 0 Å². The summed E-state index contributed by atoms with van der Waals surface area (Å²) < 4.78 is 12.1. The van der Waals surface area contributed by atoms with Crippen molar-refractivity contribution >= 4 is 16.6 Å². The quantitative estimate of drug-likeness (QED) is 0.336. The fourth-order valence-electron chi connectivity index (χ4n) is 6.53. The van der Waals surface area contributed by atoms with Crippen LogP contribution in [0.1, 0.15) is 69.9 Å². The number of anilines is 1. The molecule has 0 spiro atoms. The molecule has 1 saturated carbocycles. The summed E-state index contributed by atoms with van der Waals surface area (Å²) in [6.45, 7) is 10.8. The predicted molar refractivity (Wildman–Crippen MR) is 161 cm³/mol. The van der Waals surface area contributed by atoms with Gasteiger partial charge in [-0.05, 0) is 49.1 Å². The number of rotatable bonds is 5. The number of aromatic nitrogens is 1. The van der Waals surface area contributed by atoms with Crippen molar-refractivity contribution in [1.82, 2.24) is 14.8 Å². The number of fused-ring (bicyclic) bond motifs is 3. The summed E-state index contributed by atoms with van der Waals surface area (Å²) in [5.74, 6) is 1.96. The maximum Gasteiger partial charge on any atom is 0.152 e. The van der Waals surface area contributed by atoms with Gasteiger partial charge in [-0.3, -0.25) is 14.8 Å². The Hall–Kier alpha value is -2.83. The van der Waals surface area contributed by atoms with Crippen LogP contribution in [0, 0.1) is 0 Å². The number of pyridine rings is 1. The van der Waals surface area contributed by atoms with Crippen molar-refractivity contribution in [3.8, 4) is 11.5 Å². The van der Waals surface area contributed by atoms with E-state index in [0.717, 1.165) is 62.7 Å². The molecule has 210 valence electrons. The Balaban J connectivity index is 0.00000151. The maximum absolute atomic E-state index is 6.42. The topological polar surface area (TPSA) is 41.1 Å². The molecule has 0 N–H and O–H groups in total. The number of methoxy groups -OCH3 is 1. The van der Waals surface area contributed by atoms with E-state index in [1.165, 1.54) is 60.7 Å². The molecule has 0 radical (unpaired) electrons. The number of nitrogens with zero attached hydrogens (tertiary/aromatic N) is 4. The number of ether oxygens (including phenoxy) is 2. The molecule has 6 heteroatoms. The van der Waals surface area contributed by atoms with Gasteiger partial charge in [0, 0.05) is 62.5 Å². The third kappa shape index (κ3) is 6.33. The summed E-state index contributed by atoms with van der Waals surface area (Å²) in [6.07, 6.45) is 11.1. The smallest absolute Gasteiger partial charge is 0.152 e. The van der Waals surface area contributed by atoms with Gasteiger partial charge in [0.2, 0.25) is 0 Å². The van der Waals surface area contributed by atoms with E-state index in [2.05, 4.69) is 51.1 Å². The highest BCUT2D eigenvalue weighted by Crippen LogP contribution is 2.37. The van der Waals surface area contributed by atoms with Crippen LogP contribution in [0.2, 0.25) is 0 Å². The molecular weight excluding hydrogens is 484 g/mol. The van der Waals surface area contributed by atoms with E-state index in [9.17, 15) is 0 Å². The van der Waals surface area contributed by atoms with Crippen LogP contribution in [0.5, 0.6) is 11.5 Å². The first-order chi connectivity index (χ1) is 19.3. The number of benzene rings is 2. The summed E-state index contributed by atoms with van der Waals surface area (Å²) in [5, 5.41) is 1.23. The SMILES string of the molecule is CC.COc1ccccc1N1CCCN(Cc2cc3c(c4ncccc24)OCN(C2CCCCCC2)C3)CC1. The molecule has 3 aromatic rings. The zero-order valence-corrected chi connectivity index (χ0v) is 24.2. The van der Waals surface area contributed by atoms with E-state index in [1.807, 2.05) is 26.1 Å². The molecule has 3 heterocycles. The highest BCUT2D eigenvalue weighted by atomic mass is 16.5. The fourth-order valence-corrected chi connectivity index (χ4v) is 6.53.